The van der Waals surface area contributed by atoms with Crippen LogP contribution in [0.4, 0.5) is 11.4 Å². The summed E-state index contributed by atoms with van der Waals surface area (Å²) in [5.41, 5.74) is 2.40. The van der Waals surface area contributed by atoms with Gasteiger partial charge in [0.2, 0.25) is 0 Å². The minimum absolute atomic E-state index is 0.0289. The van der Waals surface area contributed by atoms with Crippen molar-refractivity contribution in [3.05, 3.63) is 106 Å². The molecule has 2 unspecified atom stereocenters. The summed E-state index contributed by atoms with van der Waals surface area (Å²) < 4.78 is 0. The molecule has 1 amide bonds. The Balaban J connectivity index is 1.53. The molecule has 7 nitrogen and oxygen atoms in total. The number of pyridine rings is 1. The van der Waals surface area contributed by atoms with Crippen molar-refractivity contribution in [1.29, 1.82) is 0 Å². The Kier molecular flexibility index (Phi) is 6.78. The van der Waals surface area contributed by atoms with Crippen LogP contribution in [0.15, 0.2) is 79.0 Å². The fourth-order valence-corrected chi connectivity index (χ4v) is 4.07. The number of nitro benzene ring substituents is 1. The van der Waals surface area contributed by atoms with E-state index in [1.54, 1.807) is 23.2 Å². The van der Waals surface area contributed by atoms with Gasteiger partial charge in [-0.25, -0.2) is 0 Å². The number of carbonyl (C=O) groups excluding carboxylic acids is 1. The van der Waals surface area contributed by atoms with Crippen LogP contribution in [0.3, 0.4) is 0 Å². The average molecular weight is 443 g/mol. The summed E-state index contributed by atoms with van der Waals surface area (Å²) in [6, 6.07) is 19.9. The quantitative estimate of drug-likeness (QED) is 0.387. The van der Waals surface area contributed by atoms with Gasteiger partial charge in [0.15, 0.2) is 0 Å². The molecule has 4 rings (SSSR count). The van der Waals surface area contributed by atoms with E-state index in [-0.39, 0.29) is 23.7 Å². The number of hydrogen-bond donors (Lipinski definition) is 1. The lowest BCUT2D eigenvalue weighted by atomic mass is 10.1. The van der Waals surface area contributed by atoms with Gasteiger partial charge in [0.25, 0.3) is 11.6 Å². The molecule has 33 heavy (non-hydrogen) atoms. The number of rotatable bonds is 7. The maximum absolute atomic E-state index is 13.2. The summed E-state index contributed by atoms with van der Waals surface area (Å²) in [6.45, 7) is 2.52. The molecule has 1 N–H and O–H groups in total. The van der Waals surface area contributed by atoms with E-state index >= 15 is 0 Å². The van der Waals surface area contributed by atoms with Gasteiger partial charge in [-0.05, 0) is 49.6 Å². The number of benzene rings is 2. The minimum atomic E-state index is -0.457. The normalized spacial score (nSPS) is 16.6. The van der Waals surface area contributed by atoms with Crippen molar-refractivity contribution in [2.24, 2.45) is 0 Å². The smallest absolute Gasteiger partial charge is 0.293 e. The molecular weight excluding hydrogens is 416 g/mol. The van der Waals surface area contributed by atoms with E-state index in [0.29, 0.717) is 17.8 Å². The molecule has 2 heterocycles. The van der Waals surface area contributed by atoms with Gasteiger partial charge in [0.1, 0.15) is 5.69 Å². The third-order valence-electron chi connectivity index (χ3n) is 5.82. The summed E-state index contributed by atoms with van der Waals surface area (Å²) in [7, 11) is 0. The fourth-order valence-electron chi connectivity index (χ4n) is 4.07. The molecular formula is C26H26N4O3. The molecule has 0 aliphatic carbocycles. The fraction of sp³-hybridized carbons (Fsp3) is 0.231. The van der Waals surface area contributed by atoms with E-state index in [1.165, 1.54) is 6.07 Å². The Labute approximate surface area is 192 Å². The molecule has 2 atom stereocenters. The molecule has 3 aromatic rings. The van der Waals surface area contributed by atoms with Crippen LogP contribution >= 0.6 is 0 Å². The van der Waals surface area contributed by atoms with E-state index in [1.807, 2.05) is 67.6 Å². The highest BCUT2D eigenvalue weighted by Gasteiger charge is 2.29. The van der Waals surface area contributed by atoms with Crippen LogP contribution in [0, 0.1) is 10.1 Å². The van der Waals surface area contributed by atoms with Crippen molar-refractivity contribution in [2.45, 2.75) is 31.8 Å². The Morgan fingerprint density at radius 3 is 2.70 bits per heavy atom. The highest BCUT2D eigenvalue weighted by molar-refractivity contribution is 5.96. The summed E-state index contributed by atoms with van der Waals surface area (Å²) >= 11 is 0. The molecule has 1 fully saturated rings. The first-order valence-corrected chi connectivity index (χ1v) is 11.0. The summed E-state index contributed by atoms with van der Waals surface area (Å²) in [5, 5.41) is 14.9. The van der Waals surface area contributed by atoms with Gasteiger partial charge < -0.3 is 10.2 Å². The number of hydrogen-bond acceptors (Lipinski definition) is 5. The van der Waals surface area contributed by atoms with Crippen molar-refractivity contribution in [3.63, 3.8) is 0 Å². The molecule has 0 saturated carbocycles. The van der Waals surface area contributed by atoms with Crippen LogP contribution in [0.25, 0.3) is 6.08 Å². The lowest BCUT2D eigenvalue weighted by Crippen LogP contribution is -2.34. The zero-order chi connectivity index (χ0) is 23.2. The van der Waals surface area contributed by atoms with Crippen molar-refractivity contribution < 1.29 is 9.72 Å². The summed E-state index contributed by atoms with van der Waals surface area (Å²) in [5.74, 6) is -0.192. The molecule has 0 radical (unpaired) electrons. The van der Waals surface area contributed by atoms with E-state index in [9.17, 15) is 14.9 Å². The van der Waals surface area contributed by atoms with Crippen molar-refractivity contribution in [2.75, 3.05) is 11.9 Å². The molecule has 0 spiro atoms. The lowest BCUT2D eigenvalue weighted by Gasteiger charge is -2.23. The molecule has 0 bridgehead atoms. The second kappa shape index (κ2) is 10.1. The Hall–Kier alpha value is -4.00. The third kappa shape index (κ3) is 5.26. The zero-order valence-electron chi connectivity index (χ0n) is 18.4. The van der Waals surface area contributed by atoms with E-state index in [0.717, 1.165) is 24.1 Å². The van der Waals surface area contributed by atoms with Crippen LogP contribution in [0.2, 0.25) is 0 Å². The van der Waals surface area contributed by atoms with Crippen LogP contribution in [0.1, 0.15) is 47.4 Å². The number of likely N-dealkylation sites (tertiary alicyclic amines) is 1. The first-order chi connectivity index (χ1) is 16.0. The Morgan fingerprint density at radius 1 is 1.18 bits per heavy atom. The van der Waals surface area contributed by atoms with Gasteiger partial charge in [0, 0.05) is 24.4 Å². The van der Waals surface area contributed by atoms with Gasteiger partial charge in [-0.15, -0.1) is 0 Å². The summed E-state index contributed by atoms with van der Waals surface area (Å²) in [4.78, 5) is 30.6. The monoisotopic (exact) mass is 442 g/mol. The summed E-state index contributed by atoms with van der Waals surface area (Å²) in [6.07, 6.45) is 7.52. The highest BCUT2D eigenvalue weighted by Crippen LogP contribution is 2.30. The van der Waals surface area contributed by atoms with E-state index in [2.05, 4.69) is 10.3 Å². The van der Waals surface area contributed by atoms with Crippen molar-refractivity contribution in [1.82, 2.24) is 9.88 Å². The van der Waals surface area contributed by atoms with Gasteiger partial charge in [0.05, 0.1) is 22.7 Å². The highest BCUT2D eigenvalue weighted by atomic mass is 16.6. The predicted octanol–water partition coefficient (Wildman–Crippen LogP) is 5.48. The Bertz CT molecular complexity index is 1150. The van der Waals surface area contributed by atoms with Crippen LogP contribution in [-0.2, 0) is 0 Å². The molecule has 1 saturated heterocycles. The number of amides is 1. The zero-order valence-corrected chi connectivity index (χ0v) is 18.4. The number of carbonyl (C=O) groups is 1. The molecule has 1 aliphatic heterocycles. The first kappa shape index (κ1) is 22.2. The average Bonchev–Trinajstić information content (AvgIpc) is 3.32. The van der Waals surface area contributed by atoms with Gasteiger partial charge >= 0.3 is 0 Å². The minimum Gasteiger partial charge on any atom is -0.371 e. The lowest BCUT2D eigenvalue weighted by molar-refractivity contribution is -0.384. The number of anilines is 1. The molecule has 2 aromatic carbocycles. The number of aromatic nitrogens is 1. The van der Waals surface area contributed by atoms with Crippen LogP contribution in [0.5, 0.6) is 0 Å². The van der Waals surface area contributed by atoms with Crippen molar-refractivity contribution >= 4 is 23.4 Å². The predicted molar refractivity (Wildman–Crippen MR) is 129 cm³/mol. The molecule has 7 heteroatoms. The number of nitrogens with zero attached hydrogens (tertiary/aromatic N) is 3. The van der Waals surface area contributed by atoms with Crippen molar-refractivity contribution in [3.8, 4) is 0 Å². The SMILES string of the molecule is CC(Nc1ccc(C(=O)N2CCCC2/C=C/c2ccccc2)cc1[N+](=O)[O-])c1ccccn1. The Morgan fingerprint density at radius 2 is 1.97 bits per heavy atom. The van der Waals surface area contributed by atoms with E-state index in [4.69, 9.17) is 0 Å². The van der Waals surface area contributed by atoms with Gasteiger partial charge in [-0.3, -0.25) is 19.9 Å². The maximum Gasteiger partial charge on any atom is 0.293 e. The standard InChI is InChI=1S/C26H26N4O3/c1-19(23-11-5-6-16-27-23)28-24-15-13-21(18-25(24)30(32)33)26(31)29-17-7-10-22(29)14-12-20-8-3-2-4-9-20/h2-6,8-9,11-16,18-19,22,28H,7,10,17H2,1H3/b14-12+. The van der Waals surface area contributed by atoms with E-state index < -0.39 is 4.92 Å². The molecule has 1 aliphatic rings. The first-order valence-electron chi connectivity index (χ1n) is 11.0. The van der Waals surface area contributed by atoms with Gasteiger partial charge in [-0.2, -0.15) is 0 Å². The topological polar surface area (TPSA) is 88.4 Å². The third-order valence-corrected chi connectivity index (χ3v) is 5.82. The van der Waals surface area contributed by atoms with Gasteiger partial charge in [-0.1, -0.05) is 48.6 Å². The molecule has 168 valence electrons. The van der Waals surface area contributed by atoms with Crippen LogP contribution < -0.4 is 5.32 Å². The maximum atomic E-state index is 13.2. The number of nitrogens with one attached hydrogen (secondary N) is 1. The number of nitro groups is 1. The van der Waals surface area contributed by atoms with Crippen LogP contribution in [-0.4, -0.2) is 33.3 Å². The second-order valence-corrected chi connectivity index (χ2v) is 8.09. The second-order valence-electron chi connectivity index (χ2n) is 8.09. The largest absolute Gasteiger partial charge is 0.371 e. The molecule has 1 aromatic heterocycles.